The van der Waals surface area contributed by atoms with Crippen LogP contribution in [0.2, 0.25) is 0 Å². The van der Waals surface area contributed by atoms with Crippen molar-refractivity contribution in [1.29, 1.82) is 0 Å². The number of alkyl halides is 1. The van der Waals surface area contributed by atoms with Crippen molar-refractivity contribution in [2.75, 3.05) is 16.8 Å². The number of para-hydroxylation sites is 1. The summed E-state index contributed by atoms with van der Waals surface area (Å²) in [5.41, 5.74) is 4.42. The zero-order valence-corrected chi connectivity index (χ0v) is 19.4. The largest absolute Gasteiger partial charge is 0.352 e. The molecule has 1 aliphatic rings. The lowest BCUT2D eigenvalue weighted by Gasteiger charge is -2.26. The third-order valence-corrected chi connectivity index (χ3v) is 5.90. The van der Waals surface area contributed by atoms with E-state index < -0.39 is 0 Å². The van der Waals surface area contributed by atoms with Crippen LogP contribution in [0.4, 0.5) is 5.69 Å². The molecule has 0 aliphatic carbocycles. The lowest BCUT2D eigenvalue weighted by molar-refractivity contribution is -0.118. The maximum Gasteiger partial charge on any atom is 0.251 e. The molecule has 1 N–H and O–H groups in total. The van der Waals surface area contributed by atoms with Crippen molar-refractivity contribution in [2.45, 2.75) is 13.0 Å². The average molecular weight is 501 g/mol. The maximum atomic E-state index is 13.2. The minimum atomic E-state index is -0.287. The van der Waals surface area contributed by atoms with E-state index in [0.717, 1.165) is 22.4 Å². The van der Waals surface area contributed by atoms with Crippen LogP contribution in [0, 0.1) is 11.8 Å². The molecule has 2 amide bonds. The molecule has 0 atom stereocenters. The number of carbonyl (C=O) groups excluding carboxylic acids is 3. The van der Waals surface area contributed by atoms with Crippen molar-refractivity contribution in [2.24, 2.45) is 0 Å². The van der Waals surface area contributed by atoms with Crippen molar-refractivity contribution in [3.8, 4) is 11.8 Å². The number of fused-ring (bicyclic) bond motifs is 2. The summed E-state index contributed by atoms with van der Waals surface area (Å²) in [5, 5.41) is 3.03. The number of hydrogen-bond acceptors (Lipinski definition) is 3. The minimum Gasteiger partial charge on any atom is -0.352 e. The van der Waals surface area contributed by atoms with E-state index in [2.05, 4.69) is 33.1 Å². The molecule has 0 saturated carbocycles. The number of anilines is 1. The van der Waals surface area contributed by atoms with Gasteiger partial charge in [-0.25, -0.2) is 0 Å². The number of carbonyl (C=O) groups is 3. The molecule has 0 aromatic heterocycles. The van der Waals surface area contributed by atoms with Crippen molar-refractivity contribution in [3.63, 3.8) is 0 Å². The standard InChI is InChI=1S/C27H21BrN2O3/c28-17-25(31)21-11-13-22(14-12-21)27(33)29-16-15-26(32)30-18-23-7-2-1-5-19(23)9-10-20-6-3-4-8-24(20)30/h1-8,11-14H,15-18H2,(H,29,33). The van der Waals surface area contributed by atoms with Gasteiger partial charge in [-0.05, 0) is 35.9 Å². The van der Waals surface area contributed by atoms with Gasteiger partial charge in [0.05, 0.1) is 17.6 Å². The van der Waals surface area contributed by atoms with Crippen molar-refractivity contribution in [1.82, 2.24) is 5.32 Å². The van der Waals surface area contributed by atoms with Gasteiger partial charge in [-0.1, -0.05) is 70.2 Å². The molecule has 0 saturated heterocycles. The van der Waals surface area contributed by atoms with Gasteiger partial charge >= 0.3 is 0 Å². The topological polar surface area (TPSA) is 66.5 Å². The summed E-state index contributed by atoms with van der Waals surface area (Å²) >= 11 is 3.14. The van der Waals surface area contributed by atoms with Gasteiger partial charge in [-0.15, -0.1) is 0 Å². The number of amides is 2. The molecule has 6 heteroatoms. The zero-order chi connectivity index (χ0) is 23.2. The van der Waals surface area contributed by atoms with Crippen LogP contribution in [-0.2, 0) is 11.3 Å². The smallest absolute Gasteiger partial charge is 0.251 e. The van der Waals surface area contributed by atoms with Gasteiger partial charge < -0.3 is 10.2 Å². The molecule has 1 aliphatic heterocycles. The molecule has 3 aromatic rings. The van der Waals surface area contributed by atoms with Crippen molar-refractivity contribution in [3.05, 3.63) is 101 Å². The Bertz CT molecular complexity index is 1270. The highest BCUT2D eigenvalue weighted by atomic mass is 79.9. The van der Waals surface area contributed by atoms with Crippen LogP contribution in [0.15, 0.2) is 72.8 Å². The van der Waals surface area contributed by atoms with Crippen LogP contribution in [0.3, 0.4) is 0 Å². The van der Waals surface area contributed by atoms with Gasteiger partial charge in [-0.3, -0.25) is 14.4 Å². The summed E-state index contributed by atoms with van der Waals surface area (Å²) in [6, 6.07) is 21.9. The molecule has 0 spiro atoms. The van der Waals surface area contributed by atoms with E-state index >= 15 is 0 Å². The van der Waals surface area contributed by atoms with Crippen LogP contribution in [0.25, 0.3) is 0 Å². The fraction of sp³-hybridized carbons (Fsp3) is 0.148. The maximum absolute atomic E-state index is 13.2. The van der Waals surface area contributed by atoms with Gasteiger partial charge in [0.2, 0.25) is 5.91 Å². The SMILES string of the molecule is O=C(CBr)c1ccc(C(=O)NCCC(=O)N2Cc3ccccc3C#Cc3ccccc32)cc1. The highest BCUT2D eigenvalue weighted by Gasteiger charge is 2.21. The first-order chi connectivity index (χ1) is 16.1. The Kier molecular flexibility index (Phi) is 7.01. The fourth-order valence-electron chi connectivity index (χ4n) is 3.61. The fourth-order valence-corrected chi connectivity index (χ4v) is 3.94. The second-order valence-electron chi connectivity index (χ2n) is 7.54. The summed E-state index contributed by atoms with van der Waals surface area (Å²) in [5.74, 6) is 5.95. The lowest BCUT2D eigenvalue weighted by atomic mass is 10.0. The number of hydrogen-bond donors (Lipinski definition) is 1. The molecule has 0 bridgehead atoms. The normalized spacial score (nSPS) is 11.7. The molecule has 4 rings (SSSR count). The van der Waals surface area contributed by atoms with Gasteiger partial charge in [0.15, 0.2) is 5.78 Å². The molecule has 0 unspecified atom stereocenters. The first-order valence-electron chi connectivity index (χ1n) is 10.5. The minimum absolute atomic E-state index is 0.0488. The van der Waals surface area contributed by atoms with E-state index in [1.807, 2.05) is 48.5 Å². The monoisotopic (exact) mass is 500 g/mol. The highest BCUT2D eigenvalue weighted by Crippen LogP contribution is 2.25. The Morgan fingerprint density at radius 1 is 0.848 bits per heavy atom. The first kappa shape index (κ1) is 22.5. The summed E-state index contributed by atoms with van der Waals surface area (Å²) in [4.78, 5) is 39.1. The molecule has 164 valence electrons. The van der Waals surface area contributed by atoms with Crippen LogP contribution in [-0.4, -0.2) is 29.5 Å². The highest BCUT2D eigenvalue weighted by molar-refractivity contribution is 9.09. The number of ketones is 1. The number of rotatable bonds is 6. The van der Waals surface area contributed by atoms with Crippen LogP contribution in [0.5, 0.6) is 0 Å². The van der Waals surface area contributed by atoms with Gasteiger partial charge in [-0.2, -0.15) is 0 Å². The molecule has 3 aromatic carbocycles. The predicted octanol–water partition coefficient (Wildman–Crippen LogP) is 4.33. The quantitative estimate of drug-likeness (QED) is 0.311. The third kappa shape index (κ3) is 5.21. The molecule has 0 radical (unpaired) electrons. The van der Waals surface area contributed by atoms with E-state index in [1.54, 1.807) is 29.2 Å². The summed E-state index contributed by atoms with van der Waals surface area (Å²) < 4.78 is 0. The average Bonchev–Trinajstić information content (AvgIpc) is 2.85. The van der Waals surface area contributed by atoms with Crippen molar-refractivity contribution < 1.29 is 14.4 Å². The molecule has 1 heterocycles. The molecular formula is C27H21BrN2O3. The summed E-state index contributed by atoms with van der Waals surface area (Å²) in [6.07, 6.45) is 0.149. The van der Waals surface area contributed by atoms with Crippen molar-refractivity contribution >= 4 is 39.2 Å². The number of Topliss-reactive ketones (excluding diaryl/α,β-unsaturated/α-hetero) is 1. The van der Waals surface area contributed by atoms with Gasteiger partial charge in [0, 0.05) is 35.2 Å². The van der Waals surface area contributed by atoms with E-state index in [1.165, 1.54) is 0 Å². The van der Waals surface area contributed by atoms with Crippen LogP contribution in [0.1, 0.15) is 43.8 Å². The van der Waals surface area contributed by atoms with Gasteiger partial charge in [0.1, 0.15) is 0 Å². The Hall–Kier alpha value is -3.69. The number of halogens is 1. The second-order valence-corrected chi connectivity index (χ2v) is 8.10. The Morgan fingerprint density at radius 2 is 1.48 bits per heavy atom. The predicted molar refractivity (Wildman–Crippen MR) is 132 cm³/mol. The number of nitrogens with one attached hydrogen (secondary N) is 1. The summed E-state index contributed by atoms with van der Waals surface area (Å²) in [6.45, 7) is 0.615. The van der Waals surface area contributed by atoms with Crippen LogP contribution < -0.4 is 10.2 Å². The molecule has 33 heavy (non-hydrogen) atoms. The Balaban J connectivity index is 1.45. The Labute approximate surface area is 200 Å². The molecular weight excluding hydrogens is 480 g/mol. The van der Waals surface area contributed by atoms with E-state index in [4.69, 9.17) is 0 Å². The molecule has 5 nitrogen and oxygen atoms in total. The van der Waals surface area contributed by atoms with E-state index in [0.29, 0.717) is 17.7 Å². The summed E-state index contributed by atoms with van der Waals surface area (Å²) in [7, 11) is 0. The third-order valence-electron chi connectivity index (χ3n) is 5.39. The van der Waals surface area contributed by atoms with Gasteiger partial charge in [0.25, 0.3) is 5.91 Å². The second kappa shape index (κ2) is 10.3. The Morgan fingerprint density at radius 3 is 2.24 bits per heavy atom. The molecule has 0 fully saturated rings. The first-order valence-corrected chi connectivity index (χ1v) is 11.7. The van der Waals surface area contributed by atoms with E-state index in [-0.39, 0.29) is 35.9 Å². The zero-order valence-electron chi connectivity index (χ0n) is 17.8. The lowest BCUT2D eigenvalue weighted by Crippen LogP contribution is -2.35. The number of benzene rings is 3. The van der Waals surface area contributed by atoms with E-state index in [9.17, 15) is 14.4 Å². The van der Waals surface area contributed by atoms with Crippen LogP contribution >= 0.6 is 15.9 Å². The number of nitrogens with zero attached hydrogens (tertiary/aromatic N) is 1.